The lowest BCUT2D eigenvalue weighted by Gasteiger charge is -2.36. The molecular weight excluding hydrogens is 366 g/mol. The second-order valence-corrected chi connectivity index (χ2v) is 7.77. The van der Waals surface area contributed by atoms with Gasteiger partial charge in [-0.25, -0.2) is 0 Å². The monoisotopic (exact) mass is 395 g/mol. The van der Waals surface area contributed by atoms with E-state index in [1.54, 1.807) is 0 Å². The number of aliphatic hydroxyl groups is 1. The zero-order valence-corrected chi connectivity index (χ0v) is 16.7. The van der Waals surface area contributed by atoms with Gasteiger partial charge in [-0.2, -0.15) is 0 Å². The highest BCUT2D eigenvalue weighted by molar-refractivity contribution is 5.95. The molecule has 1 atom stereocenters. The van der Waals surface area contributed by atoms with Crippen molar-refractivity contribution in [3.05, 3.63) is 54.1 Å². The fourth-order valence-electron chi connectivity index (χ4n) is 4.02. The number of ether oxygens (including phenoxy) is 1. The quantitative estimate of drug-likeness (QED) is 0.706. The Morgan fingerprint density at radius 1 is 1.03 bits per heavy atom. The molecule has 6 nitrogen and oxygen atoms in total. The Labute approximate surface area is 172 Å². The molecule has 2 aliphatic rings. The van der Waals surface area contributed by atoms with Crippen LogP contribution in [0.25, 0.3) is 0 Å². The smallest absolute Gasteiger partial charge is 0.262 e. The normalized spacial score (nSPS) is 18.0. The Morgan fingerprint density at radius 3 is 2.62 bits per heavy atom. The maximum atomic E-state index is 11.5. The number of para-hydroxylation sites is 1. The van der Waals surface area contributed by atoms with Gasteiger partial charge in [0.25, 0.3) is 5.91 Å². The number of rotatable bonds is 7. The van der Waals surface area contributed by atoms with E-state index >= 15 is 0 Å². The number of piperazine rings is 1. The minimum atomic E-state index is -0.519. The van der Waals surface area contributed by atoms with Gasteiger partial charge in [0, 0.05) is 31.9 Å². The Hall–Kier alpha value is -2.57. The number of nitrogens with one attached hydrogen (secondary N) is 1. The molecule has 1 amide bonds. The van der Waals surface area contributed by atoms with Crippen LogP contribution in [0.3, 0.4) is 0 Å². The second-order valence-electron chi connectivity index (χ2n) is 7.77. The average molecular weight is 396 g/mol. The van der Waals surface area contributed by atoms with Gasteiger partial charge in [-0.3, -0.25) is 9.69 Å². The van der Waals surface area contributed by atoms with E-state index in [0.717, 1.165) is 57.5 Å². The van der Waals surface area contributed by atoms with E-state index in [-0.39, 0.29) is 12.5 Å². The van der Waals surface area contributed by atoms with E-state index in [0.29, 0.717) is 11.4 Å². The van der Waals surface area contributed by atoms with Gasteiger partial charge >= 0.3 is 0 Å². The number of aliphatic hydroxyl groups excluding tert-OH is 1. The van der Waals surface area contributed by atoms with Crippen LogP contribution in [0.4, 0.5) is 11.4 Å². The zero-order chi connectivity index (χ0) is 20.1. The van der Waals surface area contributed by atoms with Gasteiger partial charge in [0.2, 0.25) is 0 Å². The topological polar surface area (TPSA) is 65.0 Å². The van der Waals surface area contributed by atoms with Crippen LogP contribution < -0.4 is 15.0 Å². The minimum absolute atomic E-state index is 0.0501. The summed E-state index contributed by atoms with van der Waals surface area (Å²) in [5.74, 6) is 0.506. The lowest BCUT2D eigenvalue weighted by molar-refractivity contribution is -0.118. The van der Waals surface area contributed by atoms with E-state index in [2.05, 4.69) is 45.4 Å². The van der Waals surface area contributed by atoms with Crippen LogP contribution >= 0.6 is 0 Å². The van der Waals surface area contributed by atoms with Crippen LogP contribution in [-0.4, -0.2) is 55.2 Å². The van der Waals surface area contributed by atoms with Crippen LogP contribution in [0, 0.1) is 0 Å². The third kappa shape index (κ3) is 5.08. The summed E-state index contributed by atoms with van der Waals surface area (Å²) in [6, 6.07) is 16.1. The molecule has 0 spiro atoms. The summed E-state index contributed by atoms with van der Waals surface area (Å²) in [5, 5.41) is 13.3. The first kappa shape index (κ1) is 19.7. The minimum Gasteiger partial charge on any atom is -0.482 e. The molecule has 6 heteroatoms. The van der Waals surface area contributed by atoms with Crippen molar-refractivity contribution in [2.45, 2.75) is 25.4 Å². The number of amides is 1. The molecule has 2 aliphatic heterocycles. The number of hydrogen-bond acceptors (Lipinski definition) is 5. The Kier molecular flexibility index (Phi) is 6.32. The molecule has 0 aliphatic carbocycles. The summed E-state index contributed by atoms with van der Waals surface area (Å²) in [5.41, 5.74) is 2.78. The third-order valence-corrected chi connectivity index (χ3v) is 5.72. The van der Waals surface area contributed by atoms with Crippen LogP contribution in [0.15, 0.2) is 48.5 Å². The van der Waals surface area contributed by atoms with Crippen LogP contribution in [0.5, 0.6) is 5.75 Å². The van der Waals surface area contributed by atoms with Gasteiger partial charge in [-0.15, -0.1) is 0 Å². The molecule has 2 heterocycles. The van der Waals surface area contributed by atoms with E-state index in [9.17, 15) is 9.90 Å². The standard InChI is InChI=1S/C23H29N3O3/c27-21(18-9-10-22-20(16-18)24-23(28)17-29-22)8-4-5-11-25-12-14-26(15-13-25)19-6-2-1-3-7-19/h1-3,6-7,9-10,16,21,27H,4-5,8,11-15,17H2,(H,24,28). The molecular formula is C23H29N3O3. The molecule has 0 bridgehead atoms. The van der Waals surface area contributed by atoms with Crippen molar-refractivity contribution in [1.29, 1.82) is 0 Å². The van der Waals surface area contributed by atoms with Gasteiger partial charge < -0.3 is 20.1 Å². The maximum Gasteiger partial charge on any atom is 0.262 e. The highest BCUT2D eigenvalue weighted by Gasteiger charge is 2.19. The highest BCUT2D eigenvalue weighted by atomic mass is 16.5. The number of carbonyl (C=O) groups is 1. The first-order chi connectivity index (χ1) is 14.2. The predicted octanol–water partition coefficient (Wildman–Crippen LogP) is 3.04. The van der Waals surface area contributed by atoms with Crippen LogP contribution in [0.1, 0.15) is 30.9 Å². The molecule has 1 unspecified atom stereocenters. The second kappa shape index (κ2) is 9.29. The molecule has 0 aromatic heterocycles. The SMILES string of the molecule is O=C1COc2ccc(C(O)CCCCN3CCN(c4ccccc4)CC3)cc2N1. The van der Waals surface area contributed by atoms with E-state index in [1.807, 2.05) is 18.2 Å². The Morgan fingerprint density at radius 2 is 1.83 bits per heavy atom. The molecule has 4 rings (SSSR count). The number of fused-ring (bicyclic) bond motifs is 1. The van der Waals surface area contributed by atoms with Crippen molar-refractivity contribution >= 4 is 17.3 Å². The number of hydrogen-bond donors (Lipinski definition) is 2. The molecule has 0 radical (unpaired) electrons. The fourth-order valence-corrected chi connectivity index (χ4v) is 4.02. The van der Waals surface area contributed by atoms with E-state index in [4.69, 9.17) is 4.74 Å². The lowest BCUT2D eigenvalue weighted by atomic mass is 10.0. The maximum absolute atomic E-state index is 11.5. The molecule has 1 fully saturated rings. The van der Waals surface area contributed by atoms with Crippen molar-refractivity contribution in [3.63, 3.8) is 0 Å². The first-order valence-corrected chi connectivity index (χ1v) is 10.5. The largest absolute Gasteiger partial charge is 0.482 e. The van der Waals surface area contributed by atoms with Crippen molar-refractivity contribution in [1.82, 2.24) is 4.90 Å². The summed E-state index contributed by atoms with van der Waals surface area (Å²) in [7, 11) is 0. The molecule has 2 N–H and O–H groups in total. The van der Waals surface area contributed by atoms with Crippen molar-refractivity contribution < 1.29 is 14.6 Å². The average Bonchev–Trinajstić information content (AvgIpc) is 2.77. The predicted molar refractivity (Wildman–Crippen MR) is 114 cm³/mol. The van der Waals surface area contributed by atoms with Gasteiger partial charge in [0.05, 0.1) is 11.8 Å². The summed E-state index contributed by atoms with van der Waals surface area (Å²) < 4.78 is 5.37. The first-order valence-electron chi connectivity index (χ1n) is 10.5. The molecule has 29 heavy (non-hydrogen) atoms. The van der Waals surface area contributed by atoms with Crippen LogP contribution in [0.2, 0.25) is 0 Å². The zero-order valence-electron chi connectivity index (χ0n) is 16.7. The molecule has 0 saturated carbocycles. The summed E-state index contributed by atoms with van der Waals surface area (Å²) in [4.78, 5) is 16.4. The Bertz CT molecular complexity index is 819. The Balaban J connectivity index is 1.17. The number of benzene rings is 2. The van der Waals surface area contributed by atoms with Crippen molar-refractivity contribution in [2.75, 3.05) is 49.5 Å². The number of carbonyl (C=O) groups excluding carboxylic acids is 1. The van der Waals surface area contributed by atoms with Gasteiger partial charge in [-0.1, -0.05) is 24.3 Å². The van der Waals surface area contributed by atoms with Crippen molar-refractivity contribution in [2.24, 2.45) is 0 Å². The summed E-state index contributed by atoms with van der Waals surface area (Å²) in [6.45, 7) is 5.42. The van der Waals surface area contributed by atoms with Gasteiger partial charge in [-0.05, 0) is 55.6 Å². The van der Waals surface area contributed by atoms with Gasteiger partial charge in [0.1, 0.15) is 5.75 Å². The molecule has 1 saturated heterocycles. The van der Waals surface area contributed by atoms with Crippen molar-refractivity contribution in [3.8, 4) is 5.75 Å². The highest BCUT2D eigenvalue weighted by Crippen LogP contribution is 2.31. The van der Waals surface area contributed by atoms with Gasteiger partial charge in [0.15, 0.2) is 6.61 Å². The lowest BCUT2D eigenvalue weighted by Crippen LogP contribution is -2.46. The van der Waals surface area contributed by atoms with E-state index in [1.165, 1.54) is 5.69 Å². The summed E-state index contributed by atoms with van der Waals surface area (Å²) >= 11 is 0. The molecule has 2 aromatic carbocycles. The third-order valence-electron chi connectivity index (χ3n) is 5.72. The molecule has 154 valence electrons. The number of unbranched alkanes of at least 4 members (excludes halogenated alkanes) is 1. The van der Waals surface area contributed by atoms with E-state index < -0.39 is 6.10 Å². The summed E-state index contributed by atoms with van der Waals surface area (Å²) in [6.07, 6.45) is 2.25. The number of anilines is 2. The number of nitrogens with zero attached hydrogens (tertiary/aromatic N) is 2. The molecule has 2 aromatic rings. The fraction of sp³-hybridized carbons (Fsp3) is 0.435. The van der Waals surface area contributed by atoms with Crippen LogP contribution in [-0.2, 0) is 4.79 Å².